The number of methoxy groups -OCH3 is 1. The Hall–Kier alpha value is -2.98. The van der Waals surface area contributed by atoms with Gasteiger partial charge in [0.25, 0.3) is 0 Å². The number of ether oxygens (including phenoxy) is 3. The number of hydrogen-bond donors (Lipinski definition) is 3. The van der Waals surface area contributed by atoms with E-state index in [9.17, 15) is 32.1 Å². The molecule has 2 heterocycles. The molecule has 0 saturated carbocycles. The Balaban J connectivity index is 2.08. The first-order chi connectivity index (χ1) is 21.5. The normalized spacial score (nSPS) is 18.7. The van der Waals surface area contributed by atoms with Gasteiger partial charge in [-0.25, -0.2) is 18.7 Å². The van der Waals surface area contributed by atoms with Gasteiger partial charge >= 0.3 is 12.3 Å². The number of alkyl halides is 3. The topological polar surface area (TPSA) is 148 Å². The number of anilines is 1. The highest BCUT2D eigenvalue weighted by Crippen LogP contribution is 2.49. The van der Waals surface area contributed by atoms with Gasteiger partial charge in [-0.3, -0.25) is 9.69 Å². The molecule has 3 N–H and O–H groups in total. The van der Waals surface area contributed by atoms with E-state index >= 15 is 0 Å². The van der Waals surface area contributed by atoms with E-state index in [4.69, 9.17) is 30.9 Å². The van der Waals surface area contributed by atoms with Gasteiger partial charge in [0.05, 0.1) is 52.9 Å². The number of nitrogens with zero attached hydrogens (tertiary/aromatic N) is 2. The number of amides is 1. The summed E-state index contributed by atoms with van der Waals surface area (Å²) in [5.41, 5.74) is -6.97. The third-order valence-corrected chi connectivity index (χ3v) is 9.23. The van der Waals surface area contributed by atoms with Crippen molar-refractivity contribution in [1.82, 2.24) is 9.71 Å². The molecule has 11 nitrogen and oxygen atoms in total. The van der Waals surface area contributed by atoms with Crippen LogP contribution in [0.25, 0.3) is 0 Å². The molecule has 1 aliphatic rings. The summed E-state index contributed by atoms with van der Waals surface area (Å²) >= 11 is 6.49. The Morgan fingerprint density at radius 3 is 2.30 bits per heavy atom. The van der Waals surface area contributed by atoms with Gasteiger partial charge in [-0.15, -0.1) is 0 Å². The summed E-state index contributed by atoms with van der Waals surface area (Å²) in [7, 11) is -0.453. The second kappa shape index (κ2) is 13.9. The number of aliphatic hydroxyl groups excluding tert-OH is 1. The predicted octanol–water partition coefficient (Wildman–Crippen LogP) is 5.55. The van der Waals surface area contributed by atoms with Crippen molar-refractivity contribution in [2.75, 3.05) is 31.8 Å². The standard InChI is InChI=1S/C31H41ClF3N3O8S/c1-27(2,3)46-26(41)38-17-29(7,37-47(43)28(4,5)6)19-16-23(36-25(32)24(19)38)30(42,31(33,34)35)12-11-20(40)18-9-10-21(45-14-13-39)22(15-18)44-8/h9-10,15-16,37,39,42H,11-14,17H2,1-8H3/t29-,30?,47?/m1/s1. The third kappa shape index (κ3) is 8.55. The third-order valence-electron chi connectivity index (χ3n) is 7.22. The number of aliphatic hydroxyl groups is 2. The monoisotopic (exact) mass is 707 g/mol. The average Bonchev–Trinajstić information content (AvgIpc) is 3.25. The first-order valence-electron chi connectivity index (χ1n) is 14.6. The fourth-order valence-corrected chi connectivity index (χ4v) is 5.95. The SMILES string of the molecule is COc1cc(C(=O)CCC(O)(c2cc3c(c(Cl)n2)N(C(=O)OC(C)(C)C)C[C@@]3(C)NS(=O)C(C)(C)C)C(F)(F)F)ccc1OCCO. The number of rotatable bonds is 11. The fourth-order valence-electron chi connectivity index (χ4n) is 4.76. The maximum atomic E-state index is 14.7. The fraction of sp³-hybridized carbons (Fsp3) is 0.581. The number of carbonyl (C=O) groups is 2. The number of benzene rings is 1. The van der Waals surface area contributed by atoms with E-state index in [1.165, 1.54) is 32.2 Å². The number of halogens is 4. The molecule has 0 saturated heterocycles. The highest BCUT2D eigenvalue weighted by Gasteiger charge is 2.57. The molecule has 3 atom stereocenters. The first kappa shape index (κ1) is 38.5. The van der Waals surface area contributed by atoms with Gasteiger partial charge in [0.2, 0.25) is 5.60 Å². The van der Waals surface area contributed by atoms with Crippen LogP contribution in [0.5, 0.6) is 11.5 Å². The summed E-state index contributed by atoms with van der Waals surface area (Å²) in [6.07, 6.45) is -8.07. The molecule has 1 aromatic carbocycles. The molecule has 262 valence electrons. The van der Waals surface area contributed by atoms with Gasteiger partial charge in [-0.1, -0.05) is 11.6 Å². The molecular weight excluding hydrogens is 667 g/mol. The van der Waals surface area contributed by atoms with Crippen molar-refractivity contribution < 1.29 is 51.4 Å². The molecule has 0 spiro atoms. The summed E-state index contributed by atoms with van der Waals surface area (Å²) < 4.78 is 75.5. The zero-order chi connectivity index (χ0) is 35.8. The van der Waals surface area contributed by atoms with Crippen molar-refractivity contribution in [3.05, 3.63) is 46.2 Å². The highest BCUT2D eigenvalue weighted by atomic mass is 35.5. The van der Waals surface area contributed by atoms with Gasteiger partial charge in [0.15, 0.2) is 22.4 Å². The number of pyridine rings is 1. The average molecular weight is 708 g/mol. The minimum Gasteiger partial charge on any atom is -0.493 e. The van der Waals surface area contributed by atoms with Crippen LogP contribution in [0.3, 0.4) is 0 Å². The largest absolute Gasteiger partial charge is 0.493 e. The molecule has 1 amide bonds. The lowest BCUT2D eigenvalue weighted by Crippen LogP contribution is -2.50. The Kier molecular flexibility index (Phi) is 11.3. The molecule has 2 unspecified atom stereocenters. The minimum atomic E-state index is -5.32. The van der Waals surface area contributed by atoms with Gasteiger partial charge in [-0.2, -0.15) is 13.2 Å². The number of aromatic nitrogens is 1. The van der Waals surface area contributed by atoms with E-state index in [2.05, 4.69) is 9.71 Å². The zero-order valence-electron chi connectivity index (χ0n) is 27.5. The Labute approximate surface area is 279 Å². The quantitative estimate of drug-likeness (QED) is 0.202. The van der Waals surface area contributed by atoms with Crippen LogP contribution in [-0.2, 0) is 26.9 Å². The number of nitrogens with one attached hydrogen (secondary N) is 1. The van der Waals surface area contributed by atoms with Crippen LogP contribution in [0.1, 0.15) is 82.9 Å². The van der Waals surface area contributed by atoms with Crippen LogP contribution in [0, 0.1) is 0 Å². The molecule has 1 aliphatic heterocycles. The number of fused-ring (bicyclic) bond motifs is 1. The number of Topliss-reactive ketones (excluding diaryl/α,β-unsaturated/α-hetero) is 1. The van der Waals surface area contributed by atoms with Crippen LogP contribution in [0.15, 0.2) is 24.3 Å². The lowest BCUT2D eigenvalue weighted by atomic mass is 9.87. The smallest absolute Gasteiger partial charge is 0.422 e. The molecule has 2 aromatic rings. The number of ketones is 1. The van der Waals surface area contributed by atoms with E-state index in [0.717, 1.165) is 11.0 Å². The molecule has 16 heteroatoms. The summed E-state index contributed by atoms with van der Waals surface area (Å²) in [5, 5.41) is 19.7. The van der Waals surface area contributed by atoms with Crippen LogP contribution < -0.4 is 19.1 Å². The summed E-state index contributed by atoms with van der Waals surface area (Å²) in [4.78, 5) is 31.3. The summed E-state index contributed by atoms with van der Waals surface area (Å²) in [6, 6.07) is 4.95. The van der Waals surface area contributed by atoms with E-state index in [1.54, 1.807) is 41.5 Å². The molecule has 0 aliphatic carbocycles. The highest BCUT2D eigenvalue weighted by molar-refractivity contribution is 7.84. The molecule has 0 bridgehead atoms. The lowest BCUT2D eigenvalue weighted by molar-refractivity contribution is -0.270. The summed E-state index contributed by atoms with van der Waals surface area (Å²) in [5.74, 6) is -0.405. The molecular formula is C31H41ClF3N3O8S. The van der Waals surface area contributed by atoms with E-state index in [0.29, 0.717) is 0 Å². The van der Waals surface area contributed by atoms with Crippen LogP contribution in [0.4, 0.5) is 23.7 Å². The molecule has 0 fully saturated rings. The van der Waals surface area contributed by atoms with Crippen LogP contribution >= 0.6 is 11.6 Å². The van der Waals surface area contributed by atoms with Gasteiger partial charge < -0.3 is 24.4 Å². The van der Waals surface area contributed by atoms with Crippen LogP contribution in [-0.4, -0.2) is 74.7 Å². The summed E-state index contributed by atoms with van der Waals surface area (Å²) in [6.45, 7) is 11.0. The van der Waals surface area contributed by atoms with Crippen molar-refractivity contribution in [3.63, 3.8) is 0 Å². The van der Waals surface area contributed by atoms with Crippen molar-refractivity contribution in [3.8, 4) is 11.5 Å². The van der Waals surface area contributed by atoms with Crippen molar-refractivity contribution in [1.29, 1.82) is 0 Å². The van der Waals surface area contributed by atoms with E-state index < -0.39 is 74.2 Å². The molecule has 3 rings (SSSR count). The van der Waals surface area contributed by atoms with Gasteiger partial charge in [0.1, 0.15) is 12.2 Å². The maximum absolute atomic E-state index is 14.7. The molecule has 1 aromatic heterocycles. The molecule has 47 heavy (non-hydrogen) atoms. The predicted molar refractivity (Wildman–Crippen MR) is 170 cm³/mol. The van der Waals surface area contributed by atoms with E-state index in [-0.39, 0.29) is 48.1 Å². The first-order valence-corrected chi connectivity index (χ1v) is 16.2. The van der Waals surface area contributed by atoms with E-state index in [1.807, 2.05) is 0 Å². The second-order valence-corrected chi connectivity index (χ2v) is 15.6. The number of carbonyl (C=O) groups excluding carboxylic acids is 2. The molecule has 0 radical (unpaired) electrons. The zero-order valence-corrected chi connectivity index (χ0v) is 29.1. The van der Waals surface area contributed by atoms with Crippen molar-refractivity contribution >= 4 is 40.2 Å². The minimum absolute atomic E-state index is 0.00268. The van der Waals surface area contributed by atoms with Gasteiger partial charge in [0, 0.05) is 17.5 Å². The Bertz CT molecular complexity index is 1530. The Morgan fingerprint density at radius 1 is 1.13 bits per heavy atom. The number of hydrogen-bond acceptors (Lipinski definition) is 9. The van der Waals surface area contributed by atoms with Crippen molar-refractivity contribution in [2.24, 2.45) is 0 Å². The van der Waals surface area contributed by atoms with Crippen molar-refractivity contribution in [2.45, 2.75) is 89.0 Å². The Morgan fingerprint density at radius 2 is 1.77 bits per heavy atom. The second-order valence-electron chi connectivity index (χ2n) is 13.3. The maximum Gasteiger partial charge on any atom is 0.422 e. The van der Waals surface area contributed by atoms with Crippen LogP contribution in [0.2, 0.25) is 5.15 Å². The lowest BCUT2D eigenvalue weighted by Gasteiger charge is -2.32. The van der Waals surface area contributed by atoms with Gasteiger partial charge in [-0.05, 0) is 79.2 Å².